The van der Waals surface area contributed by atoms with Gasteiger partial charge in [-0.3, -0.25) is 14.2 Å². The number of nitrogens with zero attached hydrogens (tertiary/aromatic N) is 2. The summed E-state index contributed by atoms with van der Waals surface area (Å²) in [5.74, 6) is 1.48. The Bertz CT molecular complexity index is 895. The molecule has 1 atom stereocenters. The molecule has 7 heteroatoms. The van der Waals surface area contributed by atoms with Gasteiger partial charge in [0.05, 0.1) is 13.2 Å². The number of rotatable bonds is 7. The van der Waals surface area contributed by atoms with Crippen molar-refractivity contribution in [2.75, 3.05) is 19.4 Å². The number of hydrogen-bond donors (Lipinski definition) is 1. The van der Waals surface area contributed by atoms with E-state index < -0.39 is 0 Å². The molecular formula is C20H25N3O3S. The molecule has 0 saturated heterocycles. The van der Waals surface area contributed by atoms with Gasteiger partial charge in [0, 0.05) is 30.0 Å². The third-order valence-corrected chi connectivity index (χ3v) is 5.93. The Morgan fingerprint density at radius 1 is 1.41 bits per heavy atom. The van der Waals surface area contributed by atoms with Gasteiger partial charge < -0.3 is 10.1 Å². The normalized spacial score (nSPS) is 15.4. The van der Waals surface area contributed by atoms with Crippen LogP contribution in [0.3, 0.4) is 0 Å². The Morgan fingerprint density at radius 2 is 2.19 bits per heavy atom. The number of thioether (sulfide) groups is 1. The minimum absolute atomic E-state index is 0.00294. The fourth-order valence-corrected chi connectivity index (χ4v) is 4.59. The van der Waals surface area contributed by atoms with Crippen molar-refractivity contribution in [3.8, 4) is 5.75 Å². The summed E-state index contributed by atoms with van der Waals surface area (Å²) < 4.78 is 7.04. The minimum atomic E-state index is -0.137. The second kappa shape index (κ2) is 8.61. The van der Waals surface area contributed by atoms with Gasteiger partial charge in [0.2, 0.25) is 5.91 Å². The van der Waals surface area contributed by atoms with Gasteiger partial charge >= 0.3 is 0 Å². The van der Waals surface area contributed by atoms with Crippen molar-refractivity contribution < 1.29 is 9.53 Å². The van der Waals surface area contributed by atoms with Crippen LogP contribution in [0.25, 0.3) is 0 Å². The maximum absolute atomic E-state index is 12.7. The first-order valence-corrected chi connectivity index (χ1v) is 10.2. The maximum Gasteiger partial charge on any atom is 0.257 e. The second-order valence-corrected chi connectivity index (χ2v) is 7.55. The molecule has 1 aliphatic heterocycles. The van der Waals surface area contributed by atoms with Crippen molar-refractivity contribution in [1.82, 2.24) is 14.9 Å². The van der Waals surface area contributed by atoms with Crippen LogP contribution in [-0.2, 0) is 17.6 Å². The van der Waals surface area contributed by atoms with Gasteiger partial charge in [-0.1, -0.05) is 36.9 Å². The molecule has 0 bridgehead atoms. The SMILES string of the molecule is CCc1c(C)nc2n(c1=O)C(CC(=O)NCCc1ccccc1OC)CS2. The molecule has 6 nitrogen and oxygen atoms in total. The lowest BCUT2D eigenvalue weighted by Gasteiger charge is -2.15. The highest BCUT2D eigenvalue weighted by Gasteiger charge is 2.28. The van der Waals surface area contributed by atoms with E-state index in [1.54, 1.807) is 23.4 Å². The van der Waals surface area contributed by atoms with E-state index in [1.807, 2.05) is 38.1 Å². The van der Waals surface area contributed by atoms with Crippen LogP contribution < -0.4 is 15.6 Å². The average molecular weight is 388 g/mol. The van der Waals surface area contributed by atoms with E-state index >= 15 is 0 Å². The molecule has 1 aromatic carbocycles. The Morgan fingerprint density at radius 3 is 2.93 bits per heavy atom. The quantitative estimate of drug-likeness (QED) is 0.739. The molecule has 0 aliphatic carbocycles. The summed E-state index contributed by atoms with van der Waals surface area (Å²) in [6.45, 7) is 4.37. The summed E-state index contributed by atoms with van der Waals surface area (Å²) in [6, 6.07) is 7.65. The number of aromatic nitrogens is 2. The highest BCUT2D eigenvalue weighted by molar-refractivity contribution is 7.99. The van der Waals surface area contributed by atoms with E-state index in [0.717, 1.165) is 27.7 Å². The van der Waals surface area contributed by atoms with Crippen LogP contribution in [0.5, 0.6) is 5.75 Å². The van der Waals surface area contributed by atoms with Crippen molar-refractivity contribution in [1.29, 1.82) is 0 Å². The summed E-state index contributed by atoms with van der Waals surface area (Å²) >= 11 is 1.55. The topological polar surface area (TPSA) is 73.2 Å². The van der Waals surface area contributed by atoms with Gasteiger partial charge in [-0.2, -0.15) is 0 Å². The van der Waals surface area contributed by atoms with E-state index in [9.17, 15) is 9.59 Å². The summed E-state index contributed by atoms with van der Waals surface area (Å²) in [5.41, 5.74) is 2.59. The number of aryl methyl sites for hydroxylation is 1. The molecule has 1 aliphatic rings. The van der Waals surface area contributed by atoms with Crippen LogP contribution in [0.1, 0.15) is 36.2 Å². The monoisotopic (exact) mass is 387 g/mol. The van der Waals surface area contributed by atoms with Gasteiger partial charge in [0.1, 0.15) is 5.75 Å². The molecule has 1 amide bonds. The molecule has 0 fully saturated rings. The number of hydrogen-bond acceptors (Lipinski definition) is 5. The van der Waals surface area contributed by atoms with E-state index in [2.05, 4.69) is 10.3 Å². The number of carbonyl (C=O) groups is 1. The molecule has 144 valence electrons. The molecule has 27 heavy (non-hydrogen) atoms. The van der Waals surface area contributed by atoms with Crippen molar-refractivity contribution in [2.24, 2.45) is 0 Å². The minimum Gasteiger partial charge on any atom is -0.496 e. The smallest absolute Gasteiger partial charge is 0.257 e. The van der Waals surface area contributed by atoms with Crippen LogP contribution in [0, 0.1) is 6.92 Å². The largest absolute Gasteiger partial charge is 0.496 e. The van der Waals surface area contributed by atoms with Crippen LogP contribution >= 0.6 is 11.8 Å². The van der Waals surface area contributed by atoms with E-state index in [4.69, 9.17) is 4.74 Å². The molecule has 1 aromatic heterocycles. The third kappa shape index (κ3) is 4.18. The first kappa shape index (κ1) is 19.5. The molecule has 3 rings (SSSR count). The zero-order valence-electron chi connectivity index (χ0n) is 15.9. The zero-order chi connectivity index (χ0) is 19.4. The van der Waals surface area contributed by atoms with Gasteiger partial charge in [-0.25, -0.2) is 4.98 Å². The number of fused-ring (bicyclic) bond motifs is 1. The molecule has 2 heterocycles. The molecule has 1 N–H and O–H groups in total. The van der Waals surface area contributed by atoms with Crippen molar-refractivity contribution in [3.63, 3.8) is 0 Å². The van der Waals surface area contributed by atoms with Crippen LogP contribution in [0.2, 0.25) is 0 Å². The van der Waals surface area contributed by atoms with Crippen LogP contribution in [0.15, 0.2) is 34.2 Å². The highest BCUT2D eigenvalue weighted by Crippen LogP contribution is 2.32. The lowest BCUT2D eigenvalue weighted by molar-refractivity contribution is -0.121. The Labute approximate surface area is 163 Å². The first-order chi connectivity index (χ1) is 13.0. The first-order valence-electron chi connectivity index (χ1n) is 9.18. The molecule has 2 aromatic rings. The van der Waals surface area contributed by atoms with Crippen molar-refractivity contribution in [3.05, 3.63) is 51.4 Å². The molecular weight excluding hydrogens is 362 g/mol. The number of para-hydroxylation sites is 1. The zero-order valence-corrected chi connectivity index (χ0v) is 16.8. The molecule has 0 spiro atoms. The fraction of sp³-hybridized carbons (Fsp3) is 0.450. The Balaban J connectivity index is 1.61. The fourth-order valence-electron chi connectivity index (χ4n) is 3.41. The van der Waals surface area contributed by atoms with Gasteiger partial charge in [0.25, 0.3) is 5.56 Å². The van der Waals surface area contributed by atoms with E-state index in [-0.39, 0.29) is 17.5 Å². The summed E-state index contributed by atoms with van der Waals surface area (Å²) in [7, 11) is 1.64. The lowest BCUT2D eigenvalue weighted by atomic mass is 10.1. The number of methoxy groups -OCH3 is 1. The highest BCUT2D eigenvalue weighted by atomic mass is 32.2. The predicted molar refractivity (Wildman–Crippen MR) is 107 cm³/mol. The molecule has 0 radical (unpaired) electrons. The number of amides is 1. The van der Waals surface area contributed by atoms with Crippen LogP contribution in [-0.4, -0.2) is 34.9 Å². The van der Waals surface area contributed by atoms with E-state index in [0.29, 0.717) is 31.6 Å². The number of carbonyl (C=O) groups excluding carboxylic acids is 1. The van der Waals surface area contributed by atoms with E-state index in [1.165, 1.54) is 0 Å². The average Bonchev–Trinajstić information content (AvgIpc) is 3.05. The lowest BCUT2D eigenvalue weighted by Crippen LogP contribution is -2.33. The predicted octanol–water partition coefficient (Wildman–Crippen LogP) is 2.52. The second-order valence-electron chi connectivity index (χ2n) is 6.57. The Hall–Kier alpha value is -2.28. The van der Waals surface area contributed by atoms with Crippen molar-refractivity contribution >= 4 is 17.7 Å². The third-order valence-electron chi connectivity index (χ3n) is 4.84. The summed E-state index contributed by atoms with van der Waals surface area (Å²) in [6.07, 6.45) is 1.65. The van der Waals surface area contributed by atoms with Crippen molar-refractivity contribution in [2.45, 2.75) is 44.3 Å². The van der Waals surface area contributed by atoms with Gasteiger partial charge in [0.15, 0.2) is 5.16 Å². The van der Waals surface area contributed by atoms with Crippen LogP contribution in [0.4, 0.5) is 0 Å². The summed E-state index contributed by atoms with van der Waals surface area (Å²) in [4.78, 5) is 29.7. The maximum atomic E-state index is 12.7. The number of ether oxygens (including phenoxy) is 1. The number of nitrogens with one attached hydrogen (secondary N) is 1. The molecule has 1 unspecified atom stereocenters. The van der Waals surface area contributed by atoms with Gasteiger partial charge in [-0.05, 0) is 31.4 Å². The standard InChI is InChI=1S/C20H25N3O3S/c1-4-16-13(2)22-20-23(19(16)25)15(12-27-20)11-18(24)21-10-9-14-7-5-6-8-17(14)26-3/h5-8,15H,4,9-12H2,1-3H3,(H,21,24). The summed E-state index contributed by atoms with van der Waals surface area (Å²) in [5, 5.41) is 3.68. The Kier molecular flexibility index (Phi) is 6.21. The molecule has 0 saturated carbocycles. The number of benzene rings is 1. The van der Waals surface area contributed by atoms with Gasteiger partial charge in [-0.15, -0.1) is 0 Å².